The van der Waals surface area contributed by atoms with Gasteiger partial charge in [0.2, 0.25) is 0 Å². The average Bonchev–Trinajstić information content (AvgIpc) is 2.44. The van der Waals surface area contributed by atoms with Crippen LogP contribution in [0.3, 0.4) is 0 Å². The zero-order valence-electron chi connectivity index (χ0n) is 12.1. The highest BCUT2D eigenvalue weighted by atomic mass is 35.5. The molecule has 2 rings (SSSR count). The molecule has 0 spiro atoms. The van der Waals surface area contributed by atoms with Crippen LogP contribution in [-0.2, 0) is 6.18 Å². The van der Waals surface area contributed by atoms with Crippen LogP contribution in [-0.4, -0.2) is 31.1 Å². The molecule has 0 saturated carbocycles. The molecule has 1 aliphatic heterocycles. The summed E-state index contributed by atoms with van der Waals surface area (Å²) in [7, 11) is 0. The van der Waals surface area contributed by atoms with E-state index < -0.39 is 11.7 Å². The van der Waals surface area contributed by atoms with E-state index in [2.05, 4.69) is 16.3 Å². The van der Waals surface area contributed by atoms with Crippen LogP contribution >= 0.6 is 36.4 Å². The second kappa shape index (κ2) is 9.55. The molecule has 1 aliphatic rings. The van der Waals surface area contributed by atoms with Gasteiger partial charge in [-0.1, -0.05) is 17.7 Å². The van der Waals surface area contributed by atoms with Crippen molar-refractivity contribution < 1.29 is 13.2 Å². The second-order valence-electron chi connectivity index (χ2n) is 4.90. The normalized spacial score (nSPS) is 16.7. The summed E-state index contributed by atoms with van der Waals surface area (Å²) in [6.45, 7) is 3.11. The quantitative estimate of drug-likeness (QED) is 0.846. The zero-order chi connectivity index (χ0) is 15.5. The van der Waals surface area contributed by atoms with Crippen molar-refractivity contribution in [2.75, 3.05) is 26.2 Å². The van der Waals surface area contributed by atoms with Gasteiger partial charge in [-0.15, -0.1) is 24.8 Å². The van der Waals surface area contributed by atoms with E-state index in [1.54, 1.807) is 0 Å². The third-order valence-corrected chi connectivity index (χ3v) is 3.87. The van der Waals surface area contributed by atoms with Gasteiger partial charge in [-0.2, -0.15) is 18.4 Å². The minimum absolute atomic E-state index is 0. The fourth-order valence-corrected chi connectivity index (χ4v) is 2.80. The van der Waals surface area contributed by atoms with E-state index >= 15 is 0 Å². The molecular weight excluding hydrogens is 374 g/mol. The Morgan fingerprint density at radius 2 is 1.87 bits per heavy atom. The molecule has 1 aromatic carbocycles. The Labute approximate surface area is 150 Å². The first kappa shape index (κ1) is 22.3. The molecule has 1 saturated heterocycles. The highest BCUT2D eigenvalue weighted by Crippen LogP contribution is 2.37. The summed E-state index contributed by atoms with van der Waals surface area (Å²) in [4.78, 5) is 2.10. The summed E-state index contributed by atoms with van der Waals surface area (Å²) in [5.74, 6) is 0. The van der Waals surface area contributed by atoms with Gasteiger partial charge in [0.15, 0.2) is 0 Å². The lowest BCUT2D eigenvalue weighted by atomic mass is 10.00. The highest BCUT2D eigenvalue weighted by Gasteiger charge is 2.33. The van der Waals surface area contributed by atoms with E-state index in [1.807, 2.05) is 0 Å². The molecule has 1 heterocycles. The van der Waals surface area contributed by atoms with Crippen molar-refractivity contribution in [3.8, 4) is 6.07 Å². The summed E-state index contributed by atoms with van der Waals surface area (Å²) in [6.07, 6.45) is -4.24. The molecule has 1 aromatic rings. The second-order valence-corrected chi connectivity index (χ2v) is 5.31. The Bertz CT molecular complexity index is 540. The number of hydrogen-bond donors (Lipinski definition) is 1. The zero-order valence-corrected chi connectivity index (χ0v) is 14.5. The minimum Gasteiger partial charge on any atom is -0.314 e. The third-order valence-electron chi connectivity index (χ3n) is 3.56. The number of nitriles is 1. The van der Waals surface area contributed by atoms with Crippen LogP contribution in [0.2, 0.25) is 5.02 Å². The standard InChI is InChI=1S/C14H15ClF3N3.2ClH/c15-12-9-10(1-2-11(12)14(16,17)18)13(3-4-19)21-7-5-20-6-8-21;;/h1-2,9,13,20H,3,5-8H2;2*1H/t13-;;/m0../s1. The Kier molecular flexibility index (Phi) is 9.26. The molecule has 1 atom stereocenters. The van der Waals surface area contributed by atoms with Crippen molar-refractivity contribution in [2.45, 2.75) is 18.6 Å². The number of halogens is 6. The molecule has 0 bridgehead atoms. The lowest BCUT2D eigenvalue weighted by Gasteiger charge is -2.34. The van der Waals surface area contributed by atoms with Gasteiger partial charge >= 0.3 is 6.18 Å². The van der Waals surface area contributed by atoms with Crippen molar-refractivity contribution in [3.05, 3.63) is 34.3 Å². The van der Waals surface area contributed by atoms with Crippen LogP contribution < -0.4 is 5.32 Å². The van der Waals surface area contributed by atoms with Crippen molar-refractivity contribution in [1.29, 1.82) is 5.26 Å². The smallest absolute Gasteiger partial charge is 0.314 e. The fraction of sp³-hybridized carbons (Fsp3) is 0.500. The SMILES string of the molecule is Cl.Cl.N#CC[C@@H](c1ccc(C(F)(F)F)c(Cl)c1)N1CCNCC1. The third kappa shape index (κ3) is 5.70. The molecular formula is C14H17Cl3F3N3. The van der Waals surface area contributed by atoms with E-state index in [0.717, 1.165) is 32.2 Å². The predicted molar refractivity (Wildman–Crippen MR) is 88.4 cm³/mol. The van der Waals surface area contributed by atoms with E-state index in [0.29, 0.717) is 5.56 Å². The average molecular weight is 391 g/mol. The van der Waals surface area contributed by atoms with Crippen LogP contribution in [0.15, 0.2) is 18.2 Å². The number of nitrogens with one attached hydrogen (secondary N) is 1. The number of nitrogens with zero attached hydrogens (tertiary/aromatic N) is 2. The Morgan fingerprint density at radius 3 is 2.35 bits per heavy atom. The first-order valence-electron chi connectivity index (χ1n) is 6.62. The van der Waals surface area contributed by atoms with Gasteiger partial charge in [-0.3, -0.25) is 4.90 Å². The maximum absolute atomic E-state index is 12.7. The first-order chi connectivity index (χ1) is 9.93. The van der Waals surface area contributed by atoms with E-state index in [4.69, 9.17) is 16.9 Å². The van der Waals surface area contributed by atoms with Crippen molar-refractivity contribution >= 4 is 36.4 Å². The summed E-state index contributed by atoms with van der Waals surface area (Å²) >= 11 is 5.76. The van der Waals surface area contributed by atoms with Crippen LogP contribution in [0.5, 0.6) is 0 Å². The molecule has 23 heavy (non-hydrogen) atoms. The number of hydrogen-bond acceptors (Lipinski definition) is 3. The number of alkyl halides is 3. The van der Waals surface area contributed by atoms with Gasteiger partial charge in [-0.25, -0.2) is 0 Å². The van der Waals surface area contributed by atoms with Crippen molar-refractivity contribution in [3.63, 3.8) is 0 Å². The maximum Gasteiger partial charge on any atom is 0.417 e. The highest BCUT2D eigenvalue weighted by molar-refractivity contribution is 6.31. The summed E-state index contributed by atoms with van der Waals surface area (Å²) < 4.78 is 38.2. The molecule has 1 N–H and O–H groups in total. The van der Waals surface area contributed by atoms with Crippen LogP contribution in [0.1, 0.15) is 23.6 Å². The molecule has 0 unspecified atom stereocenters. The number of rotatable bonds is 3. The minimum atomic E-state index is -4.46. The molecule has 0 radical (unpaired) electrons. The van der Waals surface area contributed by atoms with E-state index in [9.17, 15) is 13.2 Å². The Hall–Kier alpha value is -0.710. The van der Waals surface area contributed by atoms with E-state index in [-0.39, 0.29) is 42.3 Å². The molecule has 0 aromatic heterocycles. The van der Waals surface area contributed by atoms with Gasteiger partial charge in [-0.05, 0) is 17.7 Å². The Balaban J connectivity index is 0.00000242. The van der Waals surface area contributed by atoms with Gasteiger partial charge in [0.25, 0.3) is 0 Å². The van der Waals surface area contributed by atoms with Crippen LogP contribution in [0, 0.1) is 11.3 Å². The molecule has 9 heteroatoms. The van der Waals surface area contributed by atoms with Gasteiger partial charge in [0, 0.05) is 32.2 Å². The summed E-state index contributed by atoms with van der Waals surface area (Å²) in [5.41, 5.74) is -0.194. The summed E-state index contributed by atoms with van der Waals surface area (Å²) in [6, 6.07) is 5.61. The molecule has 0 amide bonds. The number of piperazine rings is 1. The Morgan fingerprint density at radius 1 is 1.26 bits per heavy atom. The van der Waals surface area contributed by atoms with Gasteiger partial charge in [0.05, 0.1) is 23.1 Å². The first-order valence-corrected chi connectivity index (χ1v) is 6.99. The predicted octanol–water partition coefficient (Wildman–Crippen LogP) is 4.06. The summed E-state index contributed by atoms with van der Waals surface area (Å²) in [5, 5.41) is 11.9. The topological polar surface area (TPSA) is 39.1 Å². The van der Waals surface area contributed by atoms with E-state index in [1.165, 1.54) is 12.1 Å². The van der Waals surface area contributed by atoms with Crippen molar-refractivity contribution in [1.82, 2.24) is 10.2 Å². The largest absolute Gasteiger partial charge is 0.417 e. The van der Waals surface area contributed by atoms with Crippen LogP contribution in [0.4, 0.5) is 13.2 Å². The molecule has 1 fully saturated rings. The lowest BCUT2D eigenvalue weighted by Crippen LogP contribution is -2.45. The van der Waals surface area contributed by atoms with Gasteiger partial charge in [0.1, 0.15) is 0 Å². The monoisotopic (exact) mass is 389 g/mol. The molecule has 0 aliphatic carbocycles. The molecule has 130 valence electrons. The fourth-order valence-electron chi connectivity index (χ4n) is 2.51. The maximum atomic E-state index is 12.7. The van der Waals surface area contributed by atoms with Crippen LogP contribution in [0.25, 0.3) is 0 Å². The lowest BCUT2D eigenvalue weighted by molar-refractivity contribution is -0.137. The molecule has 3 nitrogen and oxygen atoms in total. The van der Waals surface area contributed by atoms with Crippen molar-refractivity contribution in [2.24, 2.45) is 0 Å². The number of benzene rings is 1. The van der Waals surface area contributed by atoms with Gasteiger partial charge < -0.3 is 5.32 Å².